The van der Waals surface area contributed by atoms with Crippen LogP contribution < -0.4 is 15.4 Å². The summed E-state index contributed by atoms with van der Waals surface area (Å²) >= 11 is 5.82. The minimum absolute atomic E-state index is 0.299. The van der Waals surface area contributed by atoms with Crippen molar-refractivity contribution >= 4 is 29.0 Å². The molecule has 0 aliphatic rings. The second-order valence-electron chi connectivity index (χ2n) is 5.87. The Morgan fingerprint density at radius 3 is 2.04 bits per heavy atom. The van der Waals surface area contributed by atoms with Crippen LogP contribution in [0.1, 0.15) is 39.0 Å². The molecule has 25 heavy (non-hydrogen) atoms. The van der Waals surface area contributed by atoms with E-state index in [4.69, 9.17) is 16.3 Å². The summed E-state index contributed by atoms with van der Waals surface area (Å²) in [5.74, 6) is 0.819. The number of halogens is 1. The van der Waals surface area contributed by atoms with Gasteiger partial charge >= 0.3 is 6.03 Å². The maximum absolute atomic E-state index is 12.0. The van der Waals surface area contributed by atoms with Crippen LogP contribution in [0.2, 0.25) is 5.02 Å². The summed E-state index contributed by atoms with van der Waals surface area (Å²) < 4.78 is 5.71. The number of rotatable bonds is 9. The van der Waals surface area contributed by atoms with Crippen molar-refractivity contribution in [3.05, 3.63) is 53.6 Å². The van der Waals surface area contributed by atoms with Gasteiger partial charge in [-0.25, -0.2) is 4.79 Å². The Morgan fingerprint density at radius 1 is 0.880 bits per heavy atom. The maximum Gasteiger partial charge on any atom is 0.323 e. The predicted octanol–water partition coefficient (Wildman–Crippen LogP) is 6.33. The maximum atomic E-state index is 12.0. The number of amides is 2. The van der Waals surface area contributed by atoms with Gasteiger partial charge in [-0.2, -0.15) is 0 Å². The van der Waals surface area contributed by atoms with Crippen LogP contribution in [0, 0.1) is 0 Å². The highest BCUT2D eigenvalue weighted by molar-refractivity contribution is 6.30. The lowest BCUT2D eigenvalue weighted by Gasteiger charge is -2.09. The fraction of sp³-hybridized carbons (Fsp3) is 0.350. The van der Waals surface area contributed by atoms with Gasteiger partial charge in [0.1, 0.15) is 5.75 Å². The second-order valence-corrected chi connectivity index (χ2v) is 6.31. The molecule has 2 rings (SSSR count). The molecule has 0 saturated carbocycles. The van der Waals surface area contributed by atoms with Crippen LogP contribution >= 0.6 is 11.6 Å². The van der Waals surface area contributed by atoms with Crippen molar-refractivity contribution in [2.75, 3.05) is 17.2 Å². The summed E-state index contributed by atoms with van der Waals surface area (Å²) in [5.41, 5.74) is 1.40. The zero-order valence-electron chi connectivity index (χ0n) is 14.6. The highest BCUT2D eigenvalue weighted by atomic mass is 35.5. The summed E-state index contributed by atoms with van der Waals surface area (Å²) in [6.07, 6.45) is 6.09. The first-order valence-corrected chi connectivity index (χ1v) is 9.11. The Bertz CT molecular complexity index is 642. The quantitative estimate of drug-likeness (QED) is 0.513. The highest BCUT2D eigenvalue weighted by Crippen LogP contribution is 2.17. The van der Waals surface area contributed by atoms with E-state index in [1.54, 1.807) is 24.3 Å². The number of hydrogen-bond donors (Lipinski definition) is 2. The van der Waals surface area contributed by atoms with Crippen LogP contribution in [0.15, 0.2) is 48.5 Å². The Labute approximate surface area is 154 Å². The Balaban J connectivity index is 1.72. The smallest absolute Gasteiger partial charge is 0.323 e. The van der Waals surface area contributed by atoms with Crippen LogP contribution in [0.4, 0.5) is 16.2 Å². The van der Waals surface area contributed by atoms with Crippen LogP contribution in [0.25, 0.3) is 0 Å². The van der Waals surface area contributed by atoms with E-state index >= 15 is 0 Å². The third kappa shape index (κ3) is 7.48. The van der Waals surface area contributed by atoms with Gasteiger partial charge < -0.3 is 15.4 Å². The molecular formula is C20H25ClN2O2. The second kappa shape index (κ2) is 10.6. The number of carbonyl (C=O) groups excluding carboxylic acids is 1. The van der Waals surface area contributed by atoms with Crippen molar-refractivity contribution in [2.24, 2.45) is 0 Å². The number of nitrogens with one attached hydrogen (secondary N) is 2. The molecule has 2 aromatic carbocycles. The van der Waals surface area contributed by atoms with Crippen molar-refractivity contribution < 1.29 is 9.53 Å². The first kappa shape index (κ1) is 19.1. The molecule has 0 spiro atoms. The van der Waals surface area contributed by atoms with Gasteiger partial charge in [0.25, 0.3) is 0 Å². The van der Waals surface area contributed by atoms with Crippen LogP contribution in [0.5, 0.6) is 5.75 Å². The normalized spacial score (nSPS) is 10.3. The van der Waals surface area contributed by atoms with Gasteiger partial charge in [-0.05, 0) is 55.0 Å². The van der Waals surface area contributed by atoms with Crippen molar-refractivity contribution in [3.8, 4) is 5.75 Å². The molecule has 0 saturated heterocycles. The molecule has 0 heterocycles. The van der Waals surface area contributed by atoms with Gasteiger partial charge in [-0.3, -0.25) is 0 Å². The summed E-state index contributed by atoms with van der Waals surface area (Å²) in [4.78, 5) is 12.0. The molecule has 0 unspecified atom stereocenters. The summed E-state index contributed by atoms with van der Waals surface area (Å²) in [7, 11) is 0. The largest absolute Gasteiger partial charge is 0.494 e. The molecule has 0 radical (unpaired) electrons. The zero-order valence-corrected chi connectivity index (χ0v) is 15.3. The predicted molar refractivity (Wildman–Crippen MR) is 105 cm³/mol. The van der Waals surface area contributed by atoms with Crippen molar-refractivity contribution in [3.63, 3.8) is 0 Å². The van der Waals surface area contributed by atoms with Crippen molar-refractivity contribution in [2.45, 2.75) is 39.0 Å². The number of unbranched alkanes of at least 4 members (excludes halogenated alkanes) is 4. The lowest BCUT2D eigenvalue weighted by atomic mass is 10.2. The van der Waals surface area contributed by atoms with Gasteiger partial charge in [-0.15, -0.1) is 0 Å². The first-order valence-electron chi connectivity index (χ1n) is 8.74. The van der Waals surface area contributed by atoms with E-state index in [-0.39, 0.29) is 6.03 Å². The third-order valence-corrected chi connectivity index (χ3v) is 3.98. The molecule has 2 N–H and O–H groups in total. The van der Waals surface area contributed by atoms with E-state index in [0.29, 0.717) is 16.4 Å². The van der Waals surface area contributed by atoms with Gasteiger partial charge in [0.2, 0.25) is 0 Å². The van der Waals surface area contributed by atoms with E-state index in [2.05, 4.69) is 17.6 Å². The van der Waals surface area contributed by atoms with Gasteiger partial charge in [-0.1, -0.05) is 44.2 Å². The SMILES string of the molecule is CCCCCCCOc1ccc(NC(=O)Nc2ccc(Cl)cc2)cc1. The average molecular weight is 361 g/mol. The molecule has 2 amide bonds. The molecule has 0 fully saturated rings. The Morgan fingerprint density at radius 2 is 1.44 bits per heavy atom. The van der Waals surface area contributed by atoms with Crippen LogP contribution in [0.3, 0.4) is 0 Å². The summed E-state index contributed by atoms with van der Waals surface area (Å²) in [6, 6.07) is 14.0. The number of benzene rings is 2. The molecule has 0 aromatic heterocycles. The van der Waals surface area contributed by atoms with E-state index in [0.717, 1.165) is 18.8 Å². The molecule has 0 aliphatic heterocycles. The molecule has 5 heteroatoms. The molecule has 4 nitrogen and oxygen atoms in total. The molecule has 0 aliphatic carbocycles. The number of carbonyl (C=O) groups is 1. The van der Waals surface area contributed by atoms with Crippen molar-refractivity contribution in [1.29, 1.82) is 0 Å². The van der Waals surface area contributed by atoms with Crippen LogP contribution in [-0.2, 0) is 0 Å². The number of ether oxygens (including phenoxy) is 1. The number of urea groups is 1. The topological polar surface area (TPSA) is 50.4 Å². The number of anilines is 2. The lowest BCUT2D eigenvalue weighted by molar-refractivity contribution is 0.262. The molecule has 2 aromatic rings. The molecule has 0 atom stereocenters. The monoisotopic (exact) mass is 360 g/mol. The average Bonchev–Trinajstić information content (AvgIpc) is 2.61. The lowest BCUT2D eigenvalue weighted by Crippen LogP contribution is -2.19. The standard InChI is InChI=1S/C20H25ClN2O2/c1-2-3-4-5-6-15-25-19-13-11-18(12-14-19)23-20(24)22-17-9-7-16(21)8-10-17/h7-14H,2-6,15H2,1H3,(H2,22,23,24). The third-order valence-electron chi connectivity index (χ3n) is 3.73. The summed E-state index contributed by atoms with van der Waals surface area (Å²) in [6.45, 7) is 2.94. The summed E-state index contributed by atoms with van der Waals surface area (Å²) in [5, 5.41) is 6.17. The molecule has 0 bridgehead atoms. The first-order chi connectivity index (χ1) is 12.2. The van der Waals surface area contributed by atoms with E-state index in [1.807, 2.05) is 24.3 Å². The minimum atomic E-state index is -0.299. The van der Waals surface area contributed by atoms with Gasteiger partial charge in [0, 0.05) is 16.4 Å². The highest BCUT2D eigenvalue weighted by Gasteiger charge is 2.03. The Hall–Kier alpha value is -2.20. The van der Waals surface area contributed by atoms with Gasteiger partial charge in [0.15, 0.2) is 0 Å². The number of hydrogen-bond acceptors (Lipinski definition) is 2. The van der Waals surface area contributed by atoms with Crippen molar-refractivity contribution in [1.82, 2.24) is 0 Å². The van der Waals surface area contributed by atoms with Gasteiger partial charge in [0.05, 0.1) is 6.61 Å². The Kier molecular flexibility index (Phi) is 8.13. The van der Waals surface area contributed by atoms with Crippen LogP contribution in [-0.4, -0.2) is 12.6 Å². The zero-order chi connectivity index (χ0) is 17.9. The van der Waals surface area contributed by atoms with E-state index in [1.165, 1.54) is 25.7 Å². The fourth-order valence-electron chi connectivity index (χ4n) is 2.36. The molecule has 134 valence electrons. The van der Waals surface area contributed by atoms with E-state index in [9.17, 15) is 4.79 Å². The van der Waals surface area contributed by atoms with E-state index < -0.39 is 0 Å². The molecular weight excluding hydrogens is 336 g/mol. The fourth-order valence-corrected chi connectivity index (χ4v) is 2.48. The minimum Gasteiger partial charge on any atom is -0.494 e.